The summed E-state index contributed by atoms with van der Waals surface area (Å²) in [5, 5.41) is 6.11. The third-order valence-electron chi connectivity index (χ3n) is 5.00. The summed E-state index contributed by atoms with van der Waals surface area (Å²) < 4.78 is 11.3. The van der Waals surface area contributed by atoms with Gasteiger partial charge in [0.1, 0.15) is 6.04 Å². The molecule has 28 heavy (non-hydrogen) atoms. The Bertz CT molecular complexity index is 537. The van der Waals surface area contributed by atoms with Crippen LogP contribution in [0.2, 0.25) is 0 Å². The normalized spacial score (nSPS) is 20.6. The predicted octanol–water partition coefficient (Wildman–Crippen LogP) is 2.01. The van der Waals surface area contributed by atoms with Crippen molar-refractivity contribution < 1.29 is 14.3 Å². The number of ether oxygens (including phenoxy) is 2. The quantitative estimate of drug-likeness (QED) is 0.613. The molecule has 1 amide bonds. The number of nitrogens with zero attached hydrogens (tertiary/aromatic N) is 1. The highest BCUT2D eigenvalue weighted by Crippen LogP contribution is 2.16. The van der Waals surface area contributed by atoms with Gasteiger partial charge in [-0.25, -0.2) is 0 Å². The highest BCUT2D eigenvalue weighted by atomic mass is 35.5. The van der Waals surface area contributed by atoms with Gasteiger partial charge in [-0.2, -0.15) is 0 Å². The Balaban J connectivity index is 0.00000196. The number of benzene rings is 1. The third-order valence-corrected chi connectivity index (χ3v) is 5.00. The lowest BCUT2D eigenvalue weighted by Gasteiger charge is -2.32. The molecule has 0 bridgehead atoms. The number of carbonyl (C=O) groups excluding carboxylic acids is 1. The van der Waals surface area contributed by atoms with Gasteiger partial charge in [0.15, 0.2) is 0 Å². The van der Waals surface area contributed by atoms with Crippen molar-refractivity contribution in [1.82, 2.24) is 15.5 Å². The zero-order valence-electron chi connectivity index (χ0n) is 16.3. The fraction of sp³-hybridized carbons (Fsp3) is 0.650. The average molecular weight is 434 g/mol. The maximum atomic E-state index is 11.9. The topological polar surface area (TPSA) is 62.8 Å². The number of rotatable bonds is 8. The predicted molar refractivity (Wildman–Crippen MR) is 115 cm³/mol. The van der Waals surface area contributed by atoms with Gasteiger partial charge in [0.05, 0.1) is 19.3 Å². The number of piperidine rings is 1. The van der Waals surface area contributed by atoms with Crippen molar-refractivity contribution in [3.8, 4) is 0 Å². The minimum absolute atomic E-state index is 0. The van der Waals surface area contributed by atoms with Crippen LogP contribution in [0.1, 0.15) is 24.8 Å². The monoisotopic (exact) mass is 433 g/mol. The summed E-state index contributed by atoms with van der Waals surface area (Å²) >= 11 is 0. The minimum Gasteiger partial charge on any atom is -0.378 e. The Kier molecular flexibility index (Phi) is 12.7. The second-order valence-corrected chi connectivity index (χ2v) is 7.06. The summed E-state index contributed by atoms with van der Waals surface area (Å²) in [7, 11) is 0. The van der Waals surface area contributed by atoms with E-state index in [4.69, 9.17) is 9.47 Å². The molecule has 2 saturated heterocycles. The van der Waals surface area contributed by atoms with Crippen LogP contribution in [0.15, 0.2) is 30.3 Å². The Morgan fingerprint density at radius 3 is 2.64 bits per heavy atom. The molecule has 2 aliphatic rings. The first kappa shape index (κ1) is 25.1. The summed E-state index contributed by atoms with van der Waals surface area (Å²) in [6, 6.07) is 10.4. The third kappa shape index (κ3) is 8.64. The molecule has 0 spiro atoms. The van der Waals surface area contributed by atoms with E-state index in [2.05, 4.69) is 45.9 Å². The van der Waals surface area contributed by atoms with E-state index in [1.807, 2.05) is 0 Å². The van der Waals surface area contributed by atoms with Crippen LogP contribution < -0.4 is 10.6 Å². The van der Waals surface area contributed by atoms with E-state index in [9.17, 15) is 4.79 Å². The molecule has 2 aliphatic heterocycles. The number of morpholine rings is 1. The van der Waals surface area contributed by atoms with Gasteiger partial charge >= 0.3 is 0 Å². The van der Waals surface area contributed by atoms with Gasteiger partial charge in [-0.3, -0.25) is 9.69 Å². The van der Waals surface area contributed by atoms with E-state index in [-0.39, 0.29) is 36.8 Å². The van der Waals surface area contributed by atoms with Crippen molar-refractivity contribution in [3.05, 3.63) is 35.9 Å². The van der Waals surface area contributed by atoms with Crippen LogP contribution in [0.5, 0.6) is 0 Å². The van der Waals surface area contributed by atoms with E-state index >= 15 is 0 Å². The molecule has 8 heteroatoms. The summed E-state index contributed by atoms with van der Waals surface area (Å²) in [4.78, 5) is 14.4. The summed E-state index contributed by atoms with van der Waals surface area (Å²) in [6.07, 6.45) is 3.38. The molecule has 1 atom stereocenters. The molecule has 3 rings (SSSR count). The lowest BCUT2D eigenvalue weighted by molar-refractivity contribution is -0.125. The number of hydrogen-bond acceptors (Lipinski definition) is 5. The van der Waals surface area contributed by atoms with E-state index < -0.39 is 0 Å². The van der Waals surface area contributed by atoms with Crippen LogP contribution in [0.3, 0.4) is 0 Å². The van der Waals surface area contributed by atoms with Crippen molar-refractivity contribution in [3.63, 3.8) is 0 Å². The summed E-state index contributed by atoms with van der Waals surface area (Å²) in [6.45, 7) is 6.45. The van der Waals surface area contributed by atoms with Crippen molar-refractivity contribution in [1.29, 1.82) is 0 Å². The maximum absolute atomic E-state index is 11.9. The minimum atomic E-state index is -0.210. The molecule has 6 nitrogen and oxygen atoms in total. The fourth-order valence-corrected chi connectivity index (χ4v) is 3.47. The molecule has 0 aromatic heterocycles. The van der Waals surface area contributed by atoms with E-state index in [1.54, 1.807) is 0 Å². The number of carbonyl (C=O) groups is 1. The molecule has 1 aromatic rings. The molecule has 1 unspecified atom stereocenters. The summed E-state index contributed by atoms with van der Waals surface area (Å²) in [5.41, 5.74) is 1.38. The van der Waals surface area contributed by atoms with Gasteiger partial charge in [0, 0.05) is 39.3 Å². The SMILES string of the molecule is Cl.Cl.O=C(NCCCOC1CCN(Cc2ccccc2)CC1)C1COCCN1. The van der Waals surface area contributed by atoms with Crippen molar-refractivity contribution in [2.24, 2.45) is 0 Å². The van der Waals surface area contributed by atoms with Gasteiger partial charge in [0.25, 0.3) is 0 Å². The first-order valence-electron chi connectivity index (χ1n) is 9.78. The van der Waals surface area contributed by atoms with E-state index in [0.29, 0.717) is 32.5 Å². The van der Waals surface area contributed by atoms with Gasteiger partial charge < -0.3 is 20.1 Å². The molecule has 2 heterocycles. The average Bonchev–Trinajstić information content (AvgIpc) is 2.70. The van der Waals surface area contributed by atoms with Crippen LogP contribution in [-0.2, 0) is 20.8 Å². The van der Waals surface area contributed by atoms with Crippen LogP contribution in [-0.4, -0.2) is 69.0 Å². The smallest absolute Gasteiger partial charge is 0.239 e. The largest absolute Gasteiger partial charge is 0.378 e. The molecule has 2 N–H and O–H groups in total. The Hall–Kier alpha value is -0.890. The highest BCUT2D eigenvalue weighted by Gasteiger charge is 2.21. The first-order valence-corrected chi connectivity index (χ1v) is 9.78. The highest BCUT2D eigenvalue weighted by molar-refractivity contribution is 5.85. The zero-order valence-corrected chi connectivity index (χ0v) is 17.9. The maximum Gasteiger partial charge on any atom is 0.239 e. The Morgan fingerprint density at radius 2 is 1.96 bits per heavy atom. The standard InChI is InChI=1S/C20H31N3O3.2ClH/c24-20(19-16-25-14-10-21-19)22-9-4-13-26-18-7-11-23(12-8-18)15-17-5-2-1-3-6-17;;/h1-3,5-6,18-19,21H,4,7-16H2,(H,22,24);2*1H. The second kappa shape index (κ2) is 14.1. The fourth-order valence-electron chi connectivity index (χ4n) is 3.47. The lowest BCUT2D eigenvalue weighted by atomic mass is 10.1. The number of amides is 1. The van der Waals surface area contributed by atoms with E-state index in [0.717, 1.165) is 45.4 Å². The van der Waals surface area contributed by atoms with Gasteiger partial charge in [-0.05, 0) is 24.8 Å². The lowest BCUT2D eigenvalue weighted by Crippen LogP contribution is -2.51. The summed E-state index contributed by atoms with van der Waals surface area (Å²) in [5.74, 6) is 0.0268. The van der Waals surface area contributed by atoms with Crippen molar-refractivity contribution in [2.45, 2.75) is 38.0 Å². The van der Waals surface area contributed by atoms with Crippen molar-refractivity contribution >= 4 is 30.7 Å². The van der Waals surface area contributed by atoms with Crippen LogP contribution in [0.25, 0.3) is 0 Å². The number of halogens is 2. The zero-order chi connectivity index (χ0) is 18.0. The molecule has 0 saturated carbocycles. The first-order chi connectivity index (χ1) is 12.8. The second-order valence-electron chi connectivity index (χ2n) is 7.06. The Labute approximate surface area is 180 Å². The molecule has 160 valence electrons. The van der Waals surface area contributed by atoms with Gasteiger partial charge in [-0.15, -0.1) is 24.8 Å². The Morgan fingerprint density at radius 1 is 1.21 bits per heavy atom. The molecule has 0 aliphatic carbocycles. The van der Waals surface area contributed by atoms with Crippen LogP contribution in [0.4, 0.5) is 0 Å². The number of likely N-dealkylation sites (tertiary alicyclic amines) is 1. The molecule has 1 aromatic carbocycles. The van der Waals surface area contributed by atoms with Gasteiger partial charge in [0.2, 0.25) is 5.91 Å². The molecule has 0 radical (unpaired) electrons. The van der Waals surface area contributed by atoms with E-state index in [1.165, 1.54) is 5.56 Å². The van der Waals surface area contributed by atoms with Crippen LogP contribution >= 0.6 is 24.8 Å². The number of nitrogens with one attached hydrogen (secondary N) is 2. The molecular formula is C20H33Cl2N3O3. The number of hydrogen-bond donors (Lipinski definition) is 2. The van der Waals surface area contributed by atoms with Crippen molar-refractivity contribution in [2.75, 3.05) is 46.0 Å². The van der Waals surface area contributed by atoms with Crippen LogP contribution in [0, 0.1) is 0 Å². The molecular weight excluding hydrogens is 401 g/mol. The van der Waals surface area contributed by atoms with Gasteiger partial charge in [-0.1, -0.05) is 30.3 Å². The molecule has 2 fully saturated rings.